The van der Waals surface area contributed by atoms with Crippen LogP contribution < -0.4 is 14.4 Å². The molecule has 0 N–H and O–H groups in total. The number of halogens is 3. The zero-order valence-corrected chi connectivity index (χ0v) is 11.6. The summed E-state index contributed by atoms with van der Waals surface area (Å²) in [6.45, 7) is 0.0459. The second-order valence-electron chi connectivity index (χ2n) is 5.29. The van der Waals surface area contributed by atoms with E-state index >= 15 is 0 Å². The highest BCUT2D eigenvalue weighted by molar-refractivity contribution is 6.07. The Morgan fingerprint density at radius 1 is 1.04 bits per heavy atom. The Morgan fingerprint density at radius 2 is 1.74 bits per heavy atom. The van der Waals surface area contributed by atoms with Gasteiger partial charge in [-0.15, -0.1) is 0 Å². The van der Waals surface area contributed by atoms with Gasteiger partial charge in [0.15, 0.2) is 11.5 Å². The molecule has 0 bridgehead atoms. The number of hydrogen-bond donors (Lipinski definition) is 0. The Labute approximate surface area is 129 Å². The summed E-state index contributed by atoms with van der Waals surface area (Å²) in [5.41, 5.74) is 0.438. The lowest BCUT2D eigenvalue weighted by Gasteiger charge is -2.46. The van der Waals surface area contributed by atoms with Gasteiger partial charge >= 0.3 is 11.8 Å². The van der Waals surface area contributed by atoms with Crippen molar-refractivity contribution in [3.63, 3.8) is 0 Å². The van der Waals surface area contributed by atoms with Crippen LogP contribution in [0.1, 0.15) is 11.6 Å². The third-order valence-electron chi connectivity index (χ3n) is 3.93. The Hall–Kier alpha value is -2.70. The molecule has 2 aliphatic rings. The maximum atomic E-state index is 14.1. The third-order valence-corrected chi connectivity index (χ3v) is 3.93. The van der Waals surface area contributed by atoms with Gasteiger partial charge in [-0.25, -0.2) is 4.39 Å². The summed E-state index contributed by atoms with van der Waals surface area (Å²) in [5.74, 6) is -4.48. The maximum absolute atomic E-state index is 14.1. The van der Waals surface area contributed by atoms with Crippen molar-refractivity contribution in [1.82, 2.24) is 0 Å². The molecule has 118 valence electrons. The summed E-state index contributed by atoms with van der Waals surface area (Å²) in [7, 11) is 0. The number of carbonyl (C=O) groups excluding carboxylic acids is 1. The van der Waals surface area contributed by atoms with Crippen molar-refractivity contribution in [2.24, 2.45) is 0 Å². The van der Waals surface area contributed by atoms with E-state index in [0.29, 0.717) is 11.5 Å². The molecule has 23 heavy (non-hydrogen) atoms. The number of carbonyl (C=O) groups is 1. The molecule has 1 unspecified atom stereocenters. The second-order valence-corrected chi connectivity index (χ2v) is 5.29. The summed E-state index contributed by atoms with van der Waals surface area (Å²) in [6.07, 6.45) is 0. The first-order valence-corrected chi connectivity index (χ1v) is 6.85. The summed E-state index contributed by atoms with van der Waals surface area (Å²) in [5, 5.41) is 0. The smallest absolute Gasteiger partial charge is 0.349 e. The van der Waals surface area contributed by atoms with E-state index in [4.69, 9.17) is 9.47 Å². The molecule has 2 aliphatic heterocycles. The number of ether oxygens (including phenoxy) is 2. The van der Waals surface area contributed by atoms with Gasteiger partial charge in [0.05, 0.1) is 0 Å². The number of anilines is 1. The van der Waals surface area contributed by atoms with Gasteiger partial charge in [0, 0.05) is 11.8 Å². The average molecular weight is 321 g/mol. The van der Waals surface area contributed by atoms with E-state index in [1.165, 1.54) is 24.3 Å². The van der Waals surface area contributed by atoms with Crippen LogP contribution in [0.3, 0.4) is 0 Å². The van der Waals surface area contributed by atoms with E-state index in [9.17, 15) is 18.0 Å². The number of amides is 1. The van der Waals surface area contributed by atoms with E-state index < -0.39 is 23.7 Å². The average Bonchev–Trinajstić information content (AvgIpc) is 3.00. The molecule has 7 heteroatoms. The fourth-order valence-electron chi connectivity index (χ4n) is 2.80. The predicted octanol–water partition coefficient (Wildman–Crippen LogP) is 3.28. The minimum absolute atomic E-state index is 0.0459. The molecule has 4 nitrogen and oxygen atoms in total. The number of rotatable bonds is 2. The highest BCUT2D eigenvalue weighted by Gasteiger charge is 2.64. The van der Waals surface area contributed by atoms with Crippen LogP contribution in [0.15, 0.2) is 42.5 Å². The van der Waals surface area contributed by atoms with Crippen LogP contribution in [0.2, 0.25) is 0 Å². The lowest BCUT2D eigenvalue weighted by molar-refractivity contribution is -0.162. The lowest BCUT2D eigenvalue weighted by atomic mass is 9.89. The number of β-lactam (4-membered cyclic amide) rings is 1. The molecule has 2 aromatic carbocycles. The van der Waals surface area contributed by atoms with Crippen LogP contribution >= 0.6 is 0 Å². The first-order valence-electron chi connectivity index (χ1n) is 6.85. The quantitative estimate of drug-likeness (QED) is 0.797. The van der Waals surface area contributed by atoms with Crippen molar-refractivity contribution in [1.29, 1.82) is 0 Å². The zero-order valence-electron chi connectivity index (χ0n) is 11.6. The normalized spacial score (nSPS) is 21.3. The molecule has 1 amide bonds. The fraction of sp³-hybridized carbons (Fsp3) is 0.188. The first-order chi connectivity index (χ1) is 11.0. The van der Waals surface area contributed by atoms with Gasteiger partial charge in [0.2, 0.25) is 6.79 Å². The highest BCUT2D eigenvalue weighted by Crippen LogP contribution is 2.51. The number of alkyl halides is 2. The number of fused-ring (bicyclic) bond motifs is 1. The van der Waals surface area contributed by atoms with E-state index in [1.54, 1.807) is 6.07 Å². The molecule has 2 heterocycles. The summed E-state index contributed by atoms with van der Waals surface area (Å²) >= 11 is 0. The SMILES string of the molecule is O=C1N(c2ccc3c(c2)OCO3)C(c2ccc(F)cc2)C1(F)F. The molecular formula is C16H10F3NO3. The van der Waals surface area contributed by atoms with Crippen LogP contribution in [0.4, 0.5) is 18.9 Å². The van der Waals surface area contributed by atoms with E-state index in [-0.39, 0.29) is 18.0 Å². The summed E-state index contributed by atoms with van der Waals surface area (Å²) in [4.78, 5) is 12.8. The Morgan fingerprint density at radius 3 is 2.48 bits per heavy atom. The van der Waals surface area contributed by atoms with Gasteiger partial charge in [0.1, 0.15) is 11.9 Å². The van der Waals surface area contributed by atoms with E-state index in [1.807, 2.05) is 0 Å². The van der Waals surface area contributed by atoms with Crippen LogP contribution in [0.25, 0.3) is 0 Å². The Balaban J connectivity index is 1.74. The van der Waals surface area contributed by atoms with Crippen LogP contribution in [0, 0.1) is 5.82 Å². The Bertz CT molecular complexity index is 792. The van der Waals surface area contributed by atoms with Crippen molar-refractivity contribution in [3.8, 4) is 11.5 Å². The highest BCUT2D eigenvalue weighted by atomic mass is 19.3. The molecular weight excluding hydrogens is 311 g/mol. The van der Waals surface area contributed by atoms with Crippen LogP contribution in [-0.4, -0.2) is 18.6 Å². The minimum atomic E-state index is -3.53. The van der Waals surface area contributed by atoms with E-state index in [0.717, 1.165) is 17.0 Å². The van der Waals surface area contributed by atoms with Gasteiger partial charge < -0.3 is 9.47 Å². The van der Waals surface area contributed by atoms with Gasteiger partial charge in [-0.3, -0.25) is 9.69 Å². The largest absolute Gasteiger partial charge is 0.454 e. The predicted molar refractivity (Wildman–Crippen MR) is 74.1 cm³/mol. The molecule has 0 aliphatic carbocycles. The van der Waals surface area contributed by atoms with Crippen molar-refractivity contribution < 1.29 is 27.4 Å². The van der Waals surface area contributed by atoms with Gasteiger partial charge in [-0.05, 0) is 29.8 Å². The standard InChI is InChI=1S/C16H10F3NO3/c17-10-3-1-9(2-4-10)14-16(18,19)15(21)20(14)11-5-6-12-13(7-11)23-8-22-12/h1-7,14H,8H2. The molecule has 1 fully saturated rings. The molecule has 4 rings (SSSR count). The number of hydrogen-bond acceptors (Lipinski definition) is 3. The van der Waals surface area contributed by atoms with Gasteiger partial charge in [-0.1, -0.05) is 12.1 Å². The van der Waals surface area contributed by atoms with Crippen molar-refractivity contribution in [2.75, 3.05) is 11.7 Å². The lowest BCUT2D eigenvalue weighted by Crippen LogP contribution is -2.64. The van der Waals surface area contributed by atoms with Gasteiger partial charge in [-0.2, -0.15) is 8.78 Å². The third kappa shape index (κ3) is 1.96. The van der Waals surface area contributed by atoms with Crippen molar-refractivity contribution in [3.05, 3.63) is 53.8 Å². The molecule has 0 spiro atoms. The van der Waals surface area contributed by atoms with Crippen LogP contribution in [-0.2, 0) is 4.79 Å². The number of nitrogens with zero attached hydrogens (tertiary/aromatic N) is 1. The molecule has 0 aromatic heterocycles. The molecule has 1 atom stereocenters. The molecule has 2 aromatic rings. The van der Waals surface area contributed by atoms with Crippen molar-refractivity contribution >= 4 is 11.6 Å². The summed E-state index contributed by atoms with van der Waals surface area (Å²) < 4.78 is 51.5. The summed E-state index contributed by atoms with van der Waals surface area (Å²) in [6, 6.07) is 7.75. The molecule has 1 saturated heterocycles. The molecule has 0 radical (unpaired) electrons. The number of benzene rings is 2. The molecule has 0 saturated carbocycles. The fourth-order valence-corrected chi connectivity index (χ4v) is 2.80. The van der Waals surface area contributed by atoms with Crippen LogP contribution in [0.5, 0.6) is 11.5 Å². The second kappa shape index (κ2) is 4.65. The first kappa shape index (κ1) is 13.9. The topological polar surface area (TPSA) is 38.8 Å². The monoisotopic (exact) mass is 321 g/mol. The zero-order chi connectivity index (χ0) is 16.2. The van der Waals surface area contributed by atoms with Crippen molar-refractivity contribution in [2.45, 2.75) is 12.0 Å². The van der Waals surface area contributed by atoms with E-state index in [2.05, 4.69) is 0 Å². The Kier molecular flexibility index (Phi) is 2.81. The maximum Gasteiger partial charge on any atom is 0.349 e. The van der Waals surface area contributed by atoms with Gasteiger partial charge in [0.25, 0.3) is 0 Å². The minimum Gasteiger partial charge on any atom is -0.454 e.